The van der Waals surface area contributed by atoms with Crippen LogP contribution in [0.3, 0.4) is 0 Å². The lowest BCUT2D eigenvalue weighted by atomic mass is 9.79. The lowest BCUT2D eigenvalue weighted by molar-refractivity contribution is -0.384. The summed E-state index contributed by atoms with van der Waals surface area (Å²) in [6.07, 6.45) is 8.75. The summed E-state index contributed by atoms with van der Waals surface area (Å²) in [5.41, 5.74) is 3.45. The van der Waals surface area contributed by atoms with Crippen LogP contribution >= 0.6 is 11.8 Å². The van der Waals surface area contributed by atoms with Gasteiger partial charge in [-0.05, 0) is 81.0 Å². The molecule has 48 heavy (non-hydrogen) atoms. The van der Waals surface area contributed by atoms with E-state index in [1.807, 2.05) is 13.8 Å². The number of rotatable bonds is 18. The van der Waals surface area contributed by atoms with Gasteiger partial charge in [-0.2, -0.15) is 0 Å². The smallest absolute Gasteiger partial charge is 0.336 e. The highest BCUT2D eigenvalue weighted by Crippen LogP contribution is 2.41. The number of carbonyl (C=O) groups excluding carboxylic acids is 2. The van der Waals surface area contributed by atoms with Gasteiger partial charge in [0, 0.05) is 47.4 Å². The van der Waals surface area contributed by atoms with Gasteiger partial charge in [0.1, 0.15) is 0 Å². The number of ether oxygens (including phenoxy) is 4. The highest BCUT2D eigenvalue weighted by atomic mass is 32.2. The first-order valence-electron chi connectivity index (χ1n) is 17.0. The van der Waals surface area contributed by atoms with Crippen molar-refractivity contribution in [3.05, 3.63) is 92.3 Å². The van der Waals surface area contributed by atoms with Gasteiger partial charge in [0.15, 0.2) is 6.29 Å². The third kappa shape index (κ3) is 10.4. The van der Waals surface area contributed by atoms with E-state index in [1.54, 1.807) is 23.9 Å². The number of benzene rings is 2. The molecule has 11 heteroatoms. The number of allylic oxidation sites excluding steroid dienone is 2. The molecular formula is C37H48N2O8S. The first-order chi connectivity index (χ1) is 23.4. The number of nitro benzene ring substituents is 1. The number of dihydropyridines is 1. The zero-order chi connectivity index (χ0) is 34.3. The van der Waals surface area contributed by atoms with E-state index in [0.29, 0.717) is 36.2 Å². The molecule has 1 N–H and O–H groups in total. The van der Waals surface area contributed by atoms with Crippen LogP contribution in [0, 0.1) is 10.1 Å². The molecule has 2 heterocycles. The predicted octanol–water partition coefficient (Wildman–Crippen LogP) is 7.76. The van der Waals surface area contributed by atoms with Crippen molar-refractivity contribution < 1.29 is 33.5 Å². The molecule has 0 radical (unpaired) electrons. The number of nitrogens with one attached hydrogen (secondary N) is 1. The number of methoxy groups -OCH3 is 1. The van der Waals surface area contributed by atoms with Crippen LogP contribution in [0.5, 0.6) is 0 Å². The largest absolute Gasteiger partial charge is 0.466 e. The van der Waals surface area contributed by atoms with Crippen LogP contribution in [0.15, 0.2) is 76.0 Å². The summed E-state index contributed by atoms with van der Waals surface area (Å²) in [7, 11) is 1.28. The number of thioether (sulfide) groups is 1. The maximum Gasteiger partial charge on any atom is 0.336 e. The highest BCUT2D eigenvalue weighted by molar-refractivity contribution is 7.99. The van der Waals surface area contributed by atoms with E-state index in [1.165, 1.54) is 31.2 Å². The predicted molar refractivity (Wildman–Crippen MR) is 185 cm³/mol. The van der Waals surface area contributed by atoms with Crippen molar-refractivity contribution in [2.75, 3.05) is 32.7 Å². The van der Waals surface area contributed by atoms with E-state index in [0.717, 1.165) is 62.4 Å². The fourth-order valence-corrected chi connectivity index (χ4v) is 6.84. The molecule has 260 valence electrons. The normalized spacial score (nSPS) is 18.0. The van der Waals surface area contributed by atoms with E-state index in [2.05, 4.69) is 29.6 Å². The number of unbranched alkanes of at least 4 members (excludes halogenated alkanes) is 1. The molecule has 0 aromatic heterocycles. The number of nitrogens with zero attached hydrogens (tertiary/aromatic N) is 1. The molecule has 2 unspecified atom stereocenters. The average Bonchev–Trinajstić information content (AvgIpc) is 3.11. The van der Waals surface area contributed by atoms with Crippen LogP contribution in [-0.2, 0) is 35.0 Å². The SMILES string of the molecule is CCCC1=C(C(=O)OCCCSc2ccc(CCCCOC3CCCCO3)cc2)C(c2cccc([N+](=O)[O-])c2)C(C(=O)OC)=C(CC)N1. The Bertz CT molecular complexity index is 1450. The van der Waals surface area contributed by atoms with E-state index >= 15 is 0 Å². The van der Waals surface area contributed by atoms with Crippen LogP contribution in [-0.4, -0.2) is 55.8 Å². The topological polar surface area (TPSA) is 126 Å². The van der Waals surface area contributed by atoms with E-state index in [9.17, 15) is 19.7 Å². The van der Waals surface area contributed by atoms with Gasteiger partial charge in [-0.1, -0.05) is 44.5 Å². The molecule has 0 spiro atoms. The Balaban J connectivity index is 1.33. The van der Waals surface area contributed by atoms with Gasteiger partial charge >= 0.3 is 11.9 Å². The van der Waals surface area contributed by atoms with Crippen molar-refractivity contribution in [2.45, 2.75) is 95.2 Å². The lowest BCUT2D eigenvalue weighted by Crippen LogP contribution is -2.34. The second-order valence-electron chi connectivity index (χ2n) is 11.9. The Morgan fingerprint density at radius 3 is 2.46 bits per heavy atom. The van der Waals surface area contributed by atoms with Gasteiger partial charge < -0.3 is 24.3 Å². The summed E-state index contributed by atoms with van der Waals surface area (Å²) in [5.74, 6) is -1.26. The standard InChI is InChI=1S/C37H48N2O8S/c1-4-12-31-35(33(27-14-10-15-28(25-27)39(42)43)34(36(40)44-3)30(5-2)38-31)37(41)47-23-11-24-48-29-19-17-26(18-20-29)13-6-8-21-45-32-16-7-9-22-46-32/h10,14-15,17-20,25,32-33,38H,4-9,11-13,16,21-24H2,1-3H3. The van der Waals surface area contributed by atoms with Crippen molar-refractivity contribution in [1.29, 1.82) is 0 Å². The van der Waals surface area contributed by atoms with Crippen LogP contribution in [0.25, 0.3) is 0 Å². The summed E-state index contributed by atoms with van der Waals surface area (Å²) < 4.78 is 22.4. The number of esters is 2. The molecule has 0 amide bonds. The van der Waals surface area contributed by atoms with Gasteiger partial charge in [-0.25, -0.2) is 9.59 Å². The molecule has 4 rings (SSSR count). The Kier molecular flexibility index (Phi) is 15.0. The fraction of sp³-hybridized carbons (Fsp3) is 0.514. The molecule has 2 aromatic rings. The number of hydrogen-bond acceptors (Lipinski definition) is 10. The van der Waals surface area contributed by atoms with Crippen LogP contribution < -0.4 is 5.32 Å². The van der Waals surface area contributed by atoms with Crippen LogP contribution in [0.4, 0.5) is 5.69 Å². The Labute approximate surface area is 287 Å². The minimum absolute atomic E-state index is 0.0264. The zero-order valence-corrected chi connectivity index (χ0v) is 29.1. The number of non-ortho nitro benzene ring substituents is 1. The molecule has 0 aliphatic carbocycles. The van der Waals surface area contributed by atoms with Crippen molar-refractivity contribution in [3.8, 4) is 0 Å². The van der Waals surface area contributed by atoms with Gasteiger partial charge in [0.2, 0.25) is 0 Å². The second kappa shape index (κ2) is 19.4. The van der Waals surface area contributed by atoms with Crippen molar-refractivity contribution in [2.24, 2.45) is 0 Å². The number of nitro groups is 1. The average molecular weight is 681 g/mol. The summed E-state index contributed by atoms with van der Waals surface area (Å²) in [4.78, 5) is 39.2. The highest BCUT2D eigenvalue weighted by Gasteiger charge is 2.39. The molecule has 2 aliphatic rings. The van der Waals surface area contributed by atoms with Gasteiger partial charge in [0.25, 0.3) is 5.69 Å². The fourth-order valence-electron chi connectivity index (χ4n) is 6.01. The maximum atomic E-state index is 13.8. The number of carbonyl (C=O) groups is 2. The molecular weight excluding hydrogens is 632 g/mol. The van der Waals surface area contributed by atoms with E-state index in [-0.39, 0.29) is 29.7 Å². The molecule has 0 bridgehead atoms. The molecule has 0 saturated carbocycles. The second-order valence-corrected chi connectivity index (χ2v) is 13.1. The molecule has 10 nitrogen and oxygen atoms in total. The quantitative estimate of drug-likeness (QED) is 0.0549. The Morgan fingerprint density at radius 1 is 0.979 bits per heavy atom. The van der Waals surface area contributed by atoms with Crippen molar-refractivity contribution in [1.82, 2.24) is 5.32 Å². The van der Waals surface area contributed by atoms with E-state index < -0.39 is 22.8 Å². The molecule has 2 aliphatic heterocycles. The third-order valence-electron chi connectivity index (χ3n) is 8.44. The van der Waals surface area contributed by atoms with Crippen molar-refractivity contribution in [3.63, 3.8) is 0 Å². The van der Waals surface area contributed by atoms with Crippen LogP contribution in [0.2, 0.25) is 0 Å². The van der Waals surface area contributed by atoms with Gasteiger partial charge in [-0.15, -0.1) is 11.8 Å². The van der Waals surface area contributed by atoms with Gasteiger partial charge in [-0.3, -0.25) is 10.1 Å². The summed E-state index contributed by atoms with van der Waals surface area (Å²) in [6.45, 7) is 5.63. The number of hydrogen-bond donors (Lipinski definition) is 1. The van der Waals surface area contributed by atoms with Crippen LogP contribution in [0.1, 0.15) is 88.7 Å². The van der Waals surface area contributed by atoms with Gasteiger partial charge in [0.05, 0.1) is 35.7 Å². The Hall–Kier alpha value is -3.67. The maximum absolute atomic E-state index is 13.8. The minimum atomic E-state index is -0.867. The molecule has 2 atom stereocenters. The summed E-state index contributed by atoms with van der Waals surface area (Å²) >= 11 is 1.70. The third-order valence-corrected chi connectivity index (χ3v) is 9.54. The summed E-state index contributed by atoms with van der Waals surface area (Å²) in [5, 5.41) is 14.9. The first kappa shape index (κ1) is 37.2. The molecule has 1 fully saturated rings. The molecule has 2 aromatic carbocycles. The lowest BCUT2D eigenvalue weighted by Gasteiger charge is -2.32. The monoisotopic (exact) mass is 680 g/mol. The Morgan fingerprint density at radius 2 is 1.77 bits per heavy atom. The summed E-state index contributed by atoms with van der Waals surface area (Å²) in [6, 6.07) is 14.6. The molecule has 1 saturated heterocycles. The number of aryl methyl sites for hydroxylation is 1. The zero-order valence-electron chi connectivity index (χ0n) is 28.3. The first-order valence-corrected chi connectivity index (χ1v) is 18.0. The van der Waals surface area contributed by atoms with Crippen molar-refractivity contribution >= 4 is 29.4 Å². The van der Waals surface area contributed by atoms with E-state index in [4.69, 9.17) is 18.9 Å². The minimum Gasteiger partial charge on any atom is -0.466 e.